The number of hydrogen-bond donors (Lipinski definition) is 1. The first-order valence-electron chi connectivity index (χ1n) is 5.51. The molecule has 3 nitrogen and oxygen atoms in total. The Morgan fingerprint density at radius 2 is 1.95 bits per heavy atom. The van der Waals surface area contributed by atoms with Gasteiger partial charge in [-0.1, -0.05) is 12.1 Å². The van der Waals surface area contributed by atoms with Crippen molar-refractivity contribution in [3.63, 3.8) is 0 Å². The number of ether oxygens (including phenoxy) is 1. The normalized spacial score (nSPS) is 10.3. The fourth-order valence-electron chi connectivity index (χ4n) is 1.63. The van der Waals surface area contributed by atoms with Gasteiger partial charge in [0, 0.05) is 18.9 Å². The summed E-state index contributed by atoms with van der Waals surface area (Å²) in [5, 5.41) is 0. The van der Waals surface area contributed by atoms with E-state index in [1.807, 2.05) is 19.1 Å². The van der Waals surface area contributed by atoms with Gasteiger partial charge in [-0.15, -0.1) is 0 Å². The van der Waals surface area contributed by atoms with Gasteiger partial charge in [0.1, 0.15) is 5.75 Å². The molecule has 0 amide bonds. The molecule has 0 saturated carbocycles. The number of anilines is 1. The van der Waals surface area contributed by atoms with Gasteiger partial charge in [-0.3, -0.25) is 0 Å². The van der Waals surface area contributed by atoms with Gasteiger partial charge in [-0.05, 0) is 75.9 Å². The molecule has 5 heteroatoms. The van der Waals surface area contributed by atoms with Crippen molar-refractivity contribution >= 4 is 56.8 Å². The van der Waals surface area contributed by atoms with Crippen LogP contribution in [-0.4, -0.2) is 5.97 Å². The molecule has 0 bridgehead atoms. The average molecular weight is 479 g/mol. The van der Waals surface area contributed by atoms with Crippen LogP contribution in [0.25, 0.3) is 0 Å². The maximum Gasteiger partial charge on any atom is 0.344 e. The van der Waals surface area contributed by atoms with E-state index in [2.05, 4.69) is 45.2 Å². The lowest BCUT2D eigenvalue weighted by molar-refractivity contribution is 0.0733. The lowest BCUT2D eigenvalue weighted by Gasteiger charge is -2.10. The third-order valence-electron chi connectivity index (χ3n) is 2.58. The molecule has 0 heterocycles. The molecular formula is C14H11I2NO2. The molecule has 0 unspecified atom stereocenters. The van der Waals surface area contributed by atoms with Crippen molar-refractivity contribution in [3.8, 4) is 5.75 Å². The Morgan fingerprint density at radius 3 is 2.63 bits per heavy atom. The highest BCUT2D eigenvalue weighted by atomic mass is 127. The monoisotopic (exact) mass is 479 g/mol. The van der Waals surface area contributed by atoms with Gasteiger partial charge in [0.05, 0.1) is 5.56 Å². The Bertz CT molecular complexity index is 641. The highest BCUT2D eigenvalue weighted by Gasteiger charge is 2.17. The lowest BCUT2D eigenvalue weighted by Crippen LogP contribution is -2.13. The molecular weight excluding hydrogens is 468 g/mol. The van der Waals surface area contributed by atoms with Gasteiger partial charge in [0.15, 0.2) is 0 Å². The molecule has 0 radical (unpaired) electrons. The van der Waals surface area contributed by atoms with Crippen molar-refractivity contribution < 1.29 is 9.53 Å². The Balaban J connectivity index is 2.33. The van der Waals surface area contributed by atoms with Crippen LogP contribution in [0.1, 0.15) is 15.9 Å². The Morgan fingerprint density at radius 1 is 1.21 bits per heavy atom. The Hall–Kier alpha value is -0.830. The molecule has 2 N–H and O–H groups in total. The number of nitrogens with two attached hydrogens (primary N) is 1. The molecule has 0 saturated heterocycles. The summed E-state index contributed by atoms with van der Waals surface area (Å²) < 4.78 is 7.31. The zero-order valence-corrected chi connectivity index (χ0v) is 14.4. The van der Waals surface area contributed by atoms with Crippen molar-refractivity contribution in [2.45, 2.75) is 6.92 Å². The molecule has 0 aliphatic rings. The first kappa shape index (κ1) is 14.6. The van der Waals surface area contributed by atoms with Crippen LogP contribution in [0.5, 0.6) is 5.75 Å². The van der Waals surface area contributed by atoms with Gasteiger partial charge in [-0.2, -0.15) is 0 Å². The molecule has 19 heavy (non-hydrogen) atoms. The topological polar surface area (TPSA) is 52.3 Å². The predicted octanol–water partition coefficient (Wildman–Crippen LogP) is 4.01. The molecule has 0 aliphatic heterocycles. The van der Waals surface area contributed by atoms with Crippen LogP contribution >= 0.6 is 45.2 Å². The number of carbonyl (C=O) groups is 1. The summed E-state index contributed by atoms with van der Waals surface area (Å²) in [6.07, 6.45) is 0. The largest absolute Gasteiger partial charge is 0.423 e. The van der Waals surface area contributed by atoms with E-state index in [4.69, 9.17) is 10.5 Å². The van der Waals surface area contributed by atoms with Crippen LogP contribution in [0.4, 0.5) is 5.69 Å². The van der Waals surface area contributed by atoms with E-state index in [9.17, 15) is 4.79 Å². The predicted molar refractivity (Wildman–Crippen MR) is 92.4 cm³/mol. The number of nitrogen functional groups attached to an aromatic ring is 1. The first-order valence-corrected chi connectivity index (χ1v) is 7.67. The molecule has 2 rings (SSSR count). The van der Waals surface area contributed by atoms with Crippen LogP contribution in [-0.2, 0) is 0 Å². The Labute approximate surface area is 138 Å². The number of esters is 1. The Kier molecular flexibility index (Phi) is 4.67. The van der Waals surface area contributed by atoms with E-state index in [1.165, 1.54) is 0 Å². The fraction of sp³-hybridized carbons (Fsp3) is 0.0714. The number of benzene rings is 2. The van der Waals surface area contributed by atoms with Crippen molar-refractivity contribution in [3.05, 3.63) is 54.7 Å². The second kappa shape index (κ2) is 6.08. The molecule has 2 aromatic carbocycles. The molecule has 0 aliphatic carbocycles. The van der Waals surface area contributed by atoms with E-state index in [0.29, 0.717) is 17.0 Å². The van der Waals surface area contributed by atoms with Crippen LogP contribution in [0, 0.1) is 14.1 Å². The van der Waals surface area contributed by atoms with Gasteiger partial charge in [0.2, 0.25) is 0 Å². The zero-order chi connectivity index (χ0) is 14.0. The molecule has 0 atom stereocenters. The van der Waals surface area contributed by atoms with E-state index >= 15 is 0 Å². The number of hydrogen-bond acceptors (Lipinski definition) is 3. The summed E-state index contributed by atoms with van der Waals surface area (Å²) in [5.74, 6) is 0.102. The third kappa shape index (κ3) is 3.38. The second-order valence-electron chi connectivity index (χ2n) is 4.02. The smallest absolute Gasteiger partial charge is 0.344 e. The highest BCUT2D eigenvalue weighted by Crippen LogP contribution is 2.24. The zero-order valence-electron chi connectivity index (χ0n) is 10.1. The van der Waals surface area contributed by atoms with E-state index < -0.39 is 0 Å². The van der Waals surface area contributed by atoms with E-state index in [-0.39, 0.29) is 5.97 Å². The lowest BCUT2D eigenvalue weighted by atomic mass is 10.1. The number of aryl methyl sites for hydroxylation is 1. The maximum absolute atomic E-state index is 12.2. The molecule has 2 aromatic rings. The quantitative estimate of drug-likeness (QED) is 0.307. The van der Waals surface area contributed by atoms with Crippen LogP contribution < -0.4 is 10.5 Å². The van der Waals surface area contributed by atoms with Gasteiger partial charge >= 0.3 is 5.97 Å². The average Bonchev–Trinajstić information content (AvgIpc) is 2.34. The summed E-state index contributed by atoms with van der Waals surface area (Å²) >= 11 is 4.36. The molecule has 0 spiro atoms. The molecule has 0 fully saturated rings. The molecule has 98 valence electrons. The van der Waals surface area contributed by atoms with E-state index in [1.54, 1.807) is 24.3 Å². The number of carbonyl (C=O) groups excluding carboxylic acids is 1. The van der Waals surface area contributed by atoms with Crippen LogP contribution in [0.3, 0.4) is 0 Å². The minimum absolute atomic E-state index is 0.356. The standard InChI is InChI=1S/C14H11I2NO2/c1-8-5-6-11(15)13(16)12(8)14(18)19-10-4-2-3-9(17)7-10/h2-7H,17H2,1H3. The summed E-state index contributed by atoms with van der Waals surface area (Å²) in [4.78, 5) is 12.2. The summed E-state index contributed by atoms with van der Waals surface area (Å²) in [6.45, 7) is 1.90. The summed E-state index contributed by atoms with van der Waals surface area (Å²) in [5.41, 5.74) is 7.74. The van der Waals surface area contributed by atoms with Gasteiger partial charge in [-0.25, -0.2) is 4.79 Å². The van der Waals surface area contributed by atoms with Crippen molar-refractivity contribution in [2.24, 2.45) is 0 Å². The van der Waals surface area contributed by atoms with Crippen molar-refractivity contribution in [2.75, 3.05) is 5.73 Å². The van der Waals surface area contributed by atoms with Crippen molar-refractivity contribution in [1.29, 1.82) is 0 Å². The van der Waals surface area contributed by atoms with E-state index in [0.717, 1.165) is 12.7 Å². The maximum atomic E-state index is 12.2. The SMILES string of the molecule is Cc1ccc(I)c(I)c1C(=O)Oc1cccc(N)c1. The van der Waals surface area contributed by atoms with Crippen molar-refractivity contribution in [1.82, 2.24) is 0 Å². The van der Waals surface area contributed by atoms with Gasteiger partial charge in [0.25, 0.3) is 0 Å². The second-order valence-corrected chi connectivity index (χ2v) is 6.26. The first-order chi connectivity index (χ1) is 8.99. The summed E-state index contributed by atoms with van der Waals surface area (Å²) in [6, 6.07) is 10.7. The minimum Gasteiger partial charge on any atom is -0.423 e. The van der Waals surface area contributed by atoms with Gasteiger partial charge < -0.3 is 10.5 Å². The fourth-order valence-corrected chi connectivity index (χ4v) is 2.91. The molecule has 0 aromatic heterocycles. The summed E-state index contributed by atoms with van der Waals surface area (Å²) in [7, 11) is 0. The third-order valence-corrected chi connectivity index (χ3v) is 5.63. The highest BCUT2D eigenvalue weighted by molar-refractivity contribution is 14.1. The number of rotatable bonds is 2. The minimum atomic E-state index is -0.356. The van der Waals surface area contributed by atoms with Crippen LogP contribution in [0.15, 0.2) is 36.4 Å². The number of halogens is 2. The van der Waals surface area contributed by atoms with Crippen LogP contribution in [0.2, 0.25) is 0 Å².